The molecule has 2 N–H and O–H groups in total. The number of anilines is 2. The molecule has 2 aromatic carbocycles. The highest BCUT2D eigenvalue weighted by Crippen LogP contribution is 2.16. The maximum Gasteiger partial charge on any atom is 0.318 e. The molecule has 0 spiro atoms. The molecular weight excluding hydrogens is 311 g/mol. The number of carbonyl (C=O) groups excluding carboxylic acids is 2. The normalized spacial score (nSPS) is 10.0. The van der Waals surface area contributed by atoms with E-state index in [1.165, 1.54) is 0 Å². The summed E-state index contributed by atoms with van der Waals surface area (Å²) in [5.74, 6) is 0. The number of halogens is 2. The standard InChI is InChI=1S/C15H12Cl2N2O2/c16-14(20)18-12-5-1-10(2-6-12)9-11-3-7-13(8-4-11)19-15(17)21/h1-8H,9H2,(H,18,20)(H,19,21). The van der Waals surface area contributed by atoms with Crippen LogP contribution in [0, 0.1) is 0 Å². The largest absolute Gasteiger partial charge is 0.318 e. The summed E-state index contributed by atoms with van der Waals surface area (Å²) >= 11 is 10.5. The number of nitrogens with one attached hydrogen (secondary N) is 2. The van der Waals surface area contributed by atoms with Gasteiger partial charge in [-0.3, -0.25) is 9.59 Å². The summed E-state index contributed by atoms with van der Waals surface area (Å²) < 4.78 is 0. The smallest absolute Gasteiger partial charge is 0.312 e. The Balaban J connectivity index is 2.01. The Kier molecular flexibility index (Phi) is 5.20. The molecule has 0 aliphatic heterocycles. The molecular formula is C15H12Cl2N2O2. The zero-order chi connectivity index (χ0) is 15.2. The van der Waals surface area contributed by atoms with Crippen molar-refractivity contribution >= 4 is 45.3 Å². The van der Waals surface area contributed by atoms with Crippen LogP contribution in [-0.2, 0) is 6.42 Å². The van der Waals surface area contributed by atoms with Crippen molar-refractivity contribution < 1.29 is 9.59 Å². The van der Waals surface area contributed by atoms with E-state index in [-0.39, 0.29) is 0 Å². The number of hydrogen-bond acceptors (Lipinski definition) is 2. The summed E-state index contributed by atoms with van der Waals surface area (Å²) in [4.78, 5) is 21.4. The number of benzene rings is 2. The molecule has 0 bridgehead atoms. The van der Waals surface area contributed by atoms with Crippen LogP contribution in [0.4, 0.5) is 21.0 Å². The SMILES string of the molecule is O=C(Cl)Nc1ccc(Cc2ccc(NC(=O)Cl)cc2)cc1. The Morgan fingerprint density at radius 1 is 0.714 bits per heavy atom. The molecule has 0 aliphatic carbocycles. The molecule has 0 saturated heterocycles. The molecule has 2 aromatic rings. The summed E-state index contributed by atoms with van der Waals surface area (Å²) in [5.41, 5.74) is 3.49. The van der Waals surface area contributed by atoms with Gasteiger partial charge in [0.25, 0.3) is 0 Å². The fourth-order valence-corrected chi connectivity index (χ4v) is 2.09. The molecule has 0 radical (unpaired) electrons. The van der Waals surface area contributed by atoms with Crippen LogP contribution in [0.1, 0.15) is 11.1 Å². The summed E-state index contributed by atoms with van der Waals surface area (Å²) in [7, 11) is 0. The summed E-state index contributed by atoms with van der Waals surface area (Å²) in [6.45, 7) is 0. The molecule has 108 valence electrons. The van der Waals surface area contributed by atoms with Crippen LogP contribution in [-0.4, -0.2) is 10.7 Å². The molecule has 0 aromatic heterocycles. The molecule has 4 nitrogen and oxygen atoms in total. The average molecular weight is 323 g/mol. The van der Waals surface area contributed by atoms with Gasteiger partial charge in [0.15, 0.2) is 0 Å². The molecule has 2 rings (SSSR count). The summed E-state index contributed by atoms with van der Waals surface area (Å²) in [6.07, 6.45) is 0.740. The second-order valence-corrected chi connectivity index (χ2v) is 5.05. The quantitative estimate of drug-likeness (QED) is 0.626. The van der Waals surface area contributed by atoms with E-state index in [2.05, 4.69) is 10.6 Å². The van der Waals surface area contributed by atoms with Gasteiger partial charge in [-0.1, -0.05) is 24.3 Å². The van der Waals surface area contributed by atoms with Crippen molar-refractivity contribution in [2.75, 3.05) is 10.6 Å². The van der Waals surface area contributed by atoms with Gasteiger partial charge < -0.3 is 10.6 Å². The molecule has 2 amide bonds. The Morgan fingerprint density at radius 2 is 1.05 bits per heavy atom. The van der Waals surface area contributed by atoms with E-state index < -0.39 is 10.7 Å². The van der Waals surface area contributed by atoms with Crippen molar-refractivity contribution in [3.8, 4) is 0 Å². The predicted octanol–water partition coefficient (Wildman–Crippen LogP) is 4.82. The van der Waals surface area contributed by atoms with Crippen molar-refractivity contribution in [1.29, 1.82) is 0 Å². The van der Waals surface area contributed by atoms with E-state index in [0.717, 1.165) is 17.5 Å². The molecule has 0 saturated carbocycles. The molecule has 6 heteroatoms. The third-order valence-electron chi connectivity index (χ3n) is 2.80. The Hall–Kier alpha value is -2.04. The van der Waals surface area contributed by atoms with Gasteiger partial charge >= 0.3 is 10.7 Å². The maximum absolute atomic E-state index is 10.7. The van der Waals surface area contributed by atoms with Gasteiger partial charge in [0.1, 0.15) is 0 Å². The predicted molar refractivity (Wildman–Crippen MR) is 85.4 cm³/mol. The van der Waals surface area contributed by atoms with Gasteiger partial charge in [0, 0.05) is 11.4 Å². The Morgan fingerprint density at radius 3 is 1.33 bits per heavy atom. The van der Waals surface area contributed by atoms with Crippen molar-refractivity contribution in [3.05, 3.63) is 59.7 Å². The van der Waals surface area contributed by atoms with Crippen molar-refractivity contribution in [2.24, 2.45) is 0 Å². The lowest BCUT2D eigenvalue weighted by molar-refractivity contribution is 0.268. The minimum absolute atomic E-state index is 0.611. The van der Waals surface area contributed by atoms with Crippen molar-refractivity contribution in [2.45, 2.75) is 6.42 Å². The Labute approximate surface area is 132 Å². The zero-order valence-electron chi connectivity index (χ0n) is 10.9. The first-order valence-electron chi connectivity index (χ1n) is 6.14. The van der Waals surface area contributed by atoms with Crippen LogP contribution >= 0.6 is 23.2 Å². The number of rotatable bonds is 4. The zero-order valence-corrected chi connectivity index (χ0v) is 12.4. The van der Waals surface area contributed by atoms with Crippen LogP contribution in [0.2, 0.25) is 0 Å². The van der Waals surface area contributed by atoms with Crippen molar-refractivity contribution in [1.82, 2.24) is 0 Å². The fraction of sp³-hybridized carbons (Fsp3) is 0.0667. The highest BCUT2D eigenvalue weighted by molar-refractivity contribution is 6.66. The van der Waals surface area contributed by atoms with Crippen LogP contribution in [0.5, 0.6) is 0 Å². The minimum atomic E-state index is -0.611. The average Bonchev–Trinajstić information content (AvgIpc) is 2.42. The molecule has 0 heterocycles. The summed E-state index contributed by atoms with van der Waals surface area (Å²) in [5, 5.41) is 3.77. The van der Waals surface area contributed by atoms with Crippen LogP contribution < -0.4 is 10.6 Å². The minimum Gasteiger partial charge on any atom is -0.312 e. The van der Waals surface area contributed by atoms with Crippen LogP contribution in [0.3, 0.4) is 0 Å². The maximum atomic E-state index is 10.7. The monoisotopic (exact) mass is 322 g/mol. The van der Waals surface area contributed by atoms with E-state index in [1.807, 2.05) is 24.3 Å². The lowest BCUT2D eigenvalue weighted by Gasteiger charge is -2.06. The Bertz CT molecular complexity index is 582. The third kappa shape index (κ3) is 5.10. The second-order valence-electron chi connectivity index (χ2n) is 4.37. The summed E-state index contributed by atoms with van der Waals surface area (Å²) in [6, 6.07) is 14.8. The fourth-order valence-electron chi connectivity index (χ4n) is 1.87. The first-order chi connectivity index (χ1) is 10.0. The van der Waals surface area contributed by atoms with Gasteiger partial charge in [-0.2, -0.15) is 0 Å². The van der Waals surface area contributed by atoms with Gasteiger partial charge in [-0.25, -0.2) is 0 Å². The first-order valence-corrected chi connectivity index (χ1v) is 6.89. The third-order valence-corrected chi connectivity index (χ3v) is 2.99. The van der Waals surface area contributed by atoms with Gasteiger partial charge in [0.2, 0.25) is 0 Å². The molecule has 0 aliphatic rings. The van der Waals surface area contributed by atoms with E-state index >= 15 is 0 Å². The molecule has 0 atom stereocenters. The first kappa shape index (κ1) is 15.4. The van der Waals surface area contributed by atoms with Crippen LogP contribution in [0.15, 0.2) is 48.5 Å². The highest BCUT2D eigenvalue weighted by Gasteiger charge is 2.01. The van der Waals surface area contributed by atoms with Gasteiger partial charge in [-0.05, 0) is 65.0 Å². The molecule has 0 fully saturated rings. The van der Waals surface area contributed by atoms with Crippen LogP contribution in [0.25, 0.3) is 0 Å². The second kappa shape index (κ2) is 7.11. The lowest BCUT2D eigenvalue weighted by atomic mass is 10.0. The topological polar surface area (TPSA) is 58.2 Å². The van der Waals surface area contributed by atoms with E-state index in [9.17, 15) is 9.59 Å². The van der Waals surface area contributed by atoms with Gasteiger partial charge in [-0.15, -0.1) is 0 Å². The lowest BCUT2D eigenvalue weighted by Crippen LogP contribution is -2.01. The number of amides is 2. The van der Waals surface area contributed by atoms with E-state index in [0.29, 0.717) is 11.4 Å². The van der Waals surface area contributed by atoms with E-state index in [4.69, 9.17) is 23.2 Å². The number of hydrogen-bond donors (Lipinski definition) is 2. The molecule has 21 heavy (non-hydrogen) atoms. The van der Waals surface area contributed by atoms with Gasteiger partial charge in [0.05, 0.1) is 0 Å². The van der Waals surface area contributed by atoms with E-state index in [1.54, 1.807) is 24.3 Å². The number of carbonyl (C=O) groups is 2. The highest BCUT2D eigenvalue weighted by atomic mass is 35.5. The van der Waals surface area contributed by atoms with Crippen molar-refractivity contribution in [3.63, 3.8) is 0 Å². The molecule has 0 unspecified atom stereocenters.